The van der Waals surface area contributed by atoms with Crippen molar-refractivity contribution in [2.45, 2.75) is 0 Å². The average Bonchev–Trinajstić information content (AvgIpc) is 3.75. The van der Waals surface area contributed by atoms with E-state index in [1.54, 1.807) is 0 Å². The van der Waals surface area contributed by atoms with Gasteiger partial charge in [-0.25, -0.2) is 0 Å². The normalized spacial score (nSPS) is 11.6. The van der Waals surface area contributed by atoms with Gasteiger partial charge in [-0.2, -0.15) is 0 Å². The number of hydrogen-bond acceptors (Lipinski definition) is 5. The third-order valence-corrected chi connectivity index (χ3v) is 9.50. The average molecular weight is 644 g/mol. The summed E-state index contributed by atoms with van der Waals surface area (Å²) in [7, 11) is 0. The van der Waals surface area contributed by atoms with Crippen molar-refractivity contribution >= 4 is 88.8 Å². The van der Waals surface area contributed by atoms with Crippen molar-refractivity contribution in [2.24, 2.45) is 0 Å². The lowest BCUT2D eigenvalue weighted by Gasteiger charge is -2.33. The van der Waals surface area contributed by atoms with E-state index < -0.39 is 0 Å². The molecule has 0 atom stereocenters. The van der Waals surface area contributed by atoms with Crippen LogP contribution < -0.4 is 9.80 Å². The Morgan fingerprint density at radius 1 is 0.400 bits per heavy atom. The number of aromatic nitrogens is 1. The highest BCUT2D eigenvalue weighted by Crippen LogP contribution is 2.51. The molecule has 0 saturated heterocycles. The van der Waals surface area contributed by atoms with Crippen molar-refractivity contribution in [3.63, 3.8) is 0 Å². The maximum absolute atomic E-state index is 6.72. The molecule has 0 N–H and O–H groups in total. The third-order valence-electron chi connectivity index (χ3n) is 9.50. The standard InChI is InChI=1S/C45H29N3O2/c1-4-13-31(14-5-1)47(32-15-6-2-7-16-32)39-27-37-43(49-42-24-23-30-29-46-26-25-34(30)44(37)42)28-40(39)48(33-17-8-3-9-18-33)38-21-12-20-36-35-19-10-11-22-41(35)50-45(36)38/h1-29H. The minimum Gasteiger partial charge on any atom is -0.456 e. The molecule has 50 heavy (non-hydrogen) atoms. The van der Waals surface area contributed by atoms with E-state index in [1.165, 1.54) is 0 Å². The molecule has 0 bridgehead atoms. The van der Waals surface area contributed by atoms with Crippen molar-refractivity contribution in [1.82, 2.24) is 4.98 Å². The van der Waals surface area contributed by atoms with Gasteiger partial charge in [-0.3, -0.25) is 4.98 Å². The number of furan rings is 2. The summed E-state index contributed by atoms with van der Waals surface area (Å²) in [5.41, 5.74) is 9.22. The highest BCUT2D eigenvalue weighted by molar-refractivity contribution is 6.20. The lowest BCUT2D eigenvalue weighted by atomic mass is 10.0. The lowest BCUT2D eigenvalue weighted by molar-refractivity contribution is 0.667. The van der Waals surface area contributed by atoms with E-state index in [4.69, 9.17) is 8.83 Å². The number of pyridine rings is 1. The molecule has 0 aliphatic rings. The van der Waals surface area contributed by atoms with E-state index in [-0.39, 0.29) is 0 Å². The molecular weight excluding hydrogens is 615 g/mol. The smallest absolute Gasteiger partial charge is 0.159 e. The molecule has 7 aromatic carbocycles. The van der Waals surface area contributed by atoms with Gasteiger partial charge in [0.1, 0.15) is 16.7 Å². The SMILES string of the molecule is c1ccc(N(c2ccccc2)c2cc3c(cc2N(c2ccccc2)c2cccc4c2oc2ccccc24)oc2ccc4cnccc4c23)cc1. The van der Waals surface area contributed by atoms with Gasteiger partial charge in [0.2, 0.25) is 0 Å². The Morgan fingerprint density at radius 2 is 1.04 bits per heavy atom. The van der Waals surface area contributed by atoms with Crippen molar-refractivity contribution < 1.29 is 8.83 Å². The lowest BCUT2D eigenvalue weighted by Crippen LogP contribution is -2.17. The second kappa shape index (κ2) is 11.4. The maximum Gasteiger partial charge on any atom is 0.159 e. The number of rotatable bonds is 6. The van der Waals surface area contributed by atoms with Crippen LogP contribution in [0, 0.1) is 0 Å². The zero-order valence-corrected chi connectivity index (χ0v) is 26.9. The van der Waals surface area contributed by atoms with Gasteiger partial charge in [0.15, 0.2) is 5.58 Å². The Labute approximate surface area is 287 Å². The molecule has 0 spiro atoms. The van der Waals surface area contributed by atoms with E-state index in [2.05, 4.69) is 160 Å². The summed E-state index contributed by atoms with van der Waals surface area (Å²) in [5, 5.41) is 6.42. The largest absolute Gasteiger partial charge is 0.456 e. The van der Waals surface area contributed by atoms with Gasteiger partial charge < -0.3 is 18.6 Å². The van der Waals surface area contributed by atoms with Gasteiger partial charge in [0.25, 0.3) is 0 Å². The molecule has 3 aromatic heterocycles. The van der Waals surface area contributed by atoms with E-state index in [0.29, 0.717) is 0 Å². The number of hydrogen-bond donors (Lipinski definition) is 0. The molecule has 10 aromatic rings. The highest BCUT2D eigenvalue weighted by Gasteiger charge is 2.27. The predicted molar refractivity (Wildman–Crippen MR) is 206 cm³/mol. The van der Waals surface area contributed by atoms with Crippen molar-refractivity contribution in [2.75, 3.05) is 9.80 Å². The van der Waals surface area contributed by atoms with Crippen LogP contribution in [0.15, 0.2) is 185 Å². The minimum atomic E-state index is 0.793. The number of para-hydroxylation sites is 5. The van der Waals surface area contributed by atoms with Crippen LogP contribution in [0.25, 0.3) is 54.6 Å². The first-order chi connectivity index (χ1) is 24.8. The van der Waals surface area contributed by atoms with Crippen LogP contribution in [0.2, 0.25) is 0 Å². The van der Waals surface area contributed by atoms with Crippen LogP contribution in [0.4, 0.5) is 34.1 Å². The van der Waals surface area contributed by atoms with Crippen LogP contribution in [-0.2, 0) is 0 Å². The van der Waals surface area contributed by atoms with Crippen LogP contribution in [0.3, 0.4) is 0 Å². The molecule has 3 heterocycles. The topological polar surface area (TPSA) is 45.7 Å². The summed E-state index contributed by atoms with van der Waals surface area (Å²) < 4.78 is 13.4. The third kappa shape index (κ3) is 4.45. The Morgan fingerprint density at radius 3 is 1.78 bits per heavy atom. The molecule has 10 rings (SSSR count). The van der Waals surface area contributed by atoms with Gasteiger partial charge in [-0.05, 0) is 78.2 Å². The van der Waals surface area contributed by atoms with Crippen LogP contribution >= 0.6 is 0 Å². The summed E-state index contributed by atoms with van der Waals surface area (Å²) in [5.74, 6) is 0. The van der Waals surface area contributed by atoms with Gasteiger partial charge in [-0.15, -0.1) is 0 Å². The fourth-order valence-electron chi connectivity index (χ4n) is 7.30. The zero-order chi connectivity index (χ0) is 33.0. The molecule has 0 radical (unpaired) electrons. The maximum atomic E-state index is 6.72. The second-order valence-electron chi connectivity index (χ2n) is 12.4. The first kappa shape index (κ1) is 28.2. The molecule has 0 unspecified atom stereocenters. The zero-order valence-electron chi connectivity index (χ0n) is 26.9. The van der Waals surface area contributed by atoms with E-state index >= 15 is 0 Å². The van der Waals surface area contributed by atoms with Gasteiger partial charge in [0.05, 0.1) is 17.1 Å². The van der Waals surface area contributed by atoms with E-state index in [0.717, 1.165) is 88.8 Å². The van der Waals surface area contributed by atoms with Gasteiger partial charge in [0, 0.05) is 62.5 Å². The van der Waals surface area contributed by atoms with Gasteiger partial charge >= 0.3 is 0 Å². The van der Waals surface area contributed by atoms with Crippen molar-refractivity contribution in [3.05, 3.63) is 176 Å². The predicted octanol–water partition coefficient (Wildman–Crippen LogP) is 13.0. The van der Waals surface area contributed by atoms with Crippen LogP contribution in [0.5, 0.6) is 0 Å². The molecule has 0 fully saturated rings. The molecule has 5 nitrogen and oxygen atoms in total. The first-order valence-corrected chi connectivity index (χ1v) is 16.7. The number of nitrogens with zero attached hydrogens (tertiary/aromatic N) is 3. The summed E-state index contributed by atoms with van der Waals surface area (Å²) in [6, 6.07) is 56.8. The van der Waals surface area contributed by atoms with Gasteiger partial charge in [-0.1, -0.05) is 84.9 Å². The van der Waals surface area contributed by atoms with Crippen LogP contribution in [-0.4, -0.2) is 4.98 Å². The molecule has 0 aliphatic carbocycles. The van der Waals surface area contributed by atoms with Crippen molar-refractivity contribution in [1.29, 1.82) is 0 Å². The molecule has 0 amide bonds. The fourth-order valence-corrected chi connectivity index (χ4v) is 7.30. The quantitative estimate of drug-likeness (QED) is 0.180. The summed E-state index contributed by atoms with van der Waals surface area (Å²) >= 11 is 0. The summed E-state index contributed by atoms with van der Waals surface area (Å²) in [6.07, 6.45) is 3.76. The Balaban J connectivity index is 1.36. The monoisotopic (exact) mass is 643 g/mol. The van der Waals surface area contributed by atoms with Crippen molar-refractivity contribution in [3.8, 4) is 0 Å². The van der Waals surface area contributed by atoms with E-state index in [1.807, 2.05) is 30.6 Å². The molecule has 0 aliphatic heterocycles. The van der Waals surface area contributed by atoms with Crippen LogP contribution in [0.1, 0.15) is 0 Å². The number of fused-ring (bicyclic) bond motifs is 8. The number of anilines is 6. The molecular formula is C45H29N3O2. The number of benzene rings is 7. The fraction of sp³-hybridized carbons (Fsp3) is 0. The second-order valence-corrected chi connectivity index (χ2v) is 12.4. The molecule has 5 heteroatoms. The Bertz CT molecular complexity index is 2790. The molecule has 0 saturated carbocycles. The highest BCUT2D eigenvalue weighted by atomic mass is 16.3. The minimum absolute atomic E-state index is 0.793. The van der Waals surface area contributed by atoms with E-state index in [9.17, 15) is 0 Å². The summed E-state index contributed by atoms with van der Waals surface area (Å²) in [4.78, 5) is 9.03. The molecule has 236 valence electrons. The first-order valence-electron chi connectivity index (χ1n) is 16.7. The summed E-state index contributed by atoms with van der Waals surface area (Å²) in [6.45, 7) is 0. The Hall–Kier alpha value is -6.85. The Kier molecular flexibility index (Phi) is 6.42.